The molecule has 4 heteroatoms. The van der Waals surface area contributed by atoms with Crippen LogP contribution < -0.4 is 11.1 Å². The number of aliphatic imine (C=N–C) groups is 1. The van der Waals surface area contributed by atoms with Gasteiger partial charge in [-0.25, -0.2) is 0 Å². The summed E-state index contributed by atoms with van der Waals surface area (Å²) in [5, 5.41) is 12.3. The van der Waals surface area contributed by atoms with E-state index < -0.39 is 0 Å². The molecular formula is C7H15N3O. The fourth-order valence-corrected chi connectivity index (χ4v) is 1.36. The first-order chi connectivity index (χ1) is 5.24. The number of rotatable bonds is 1. The second-order valence-corrected chi connectivity index (χ2v) is 2.86. The summed E-state index contributed by atoms with van der Waals surface area (Å²) < 4.78 is 0. The zero-order valence-corrected chi connectivity index (χ0v) is 6.75. The summed E-state index contributed by atoms with van der Waals surface area (Å²) >= 11 is 0. The lowest BCUT2D eigenvalue weighted by molar-refractivity contribution is 0.157. The van der Waals surface area contributed by atoms with Crippen molar-refractivity contribution in [3.8, 4) is 0 Å². The summed E-state index contributed by atoms with van der Waals surface area (Å²) in [5.74, 6) is 0.413. The molecule has 11 heavy (non-hydrogen) atoms. The van der Waals surface area contributed by atoms with Gasteiger partial charge in [-0.05, 0) is 19.3 Å². The van der Waals surface area contributed by atoms with Crippen molar-refractivity contribution < 1.29 is 5.11 Å². The molecule has 0 aromatic carbocycles. The summed E-state index contributed by atoms with van der Waals surface area (Å²) in [6.45, 7) is 0. The number of aliphatic hydroxyl groups excluding tert-OH is 1. The highest BCUT2D eigenvalue weighted by Gasteiger charge is 2.24. The smallest absolute Gasteiger partial charge is 0.188 e. The van der Waals surface area contributed by atoms with Crippen LogP contribution in [-0.2, 0) is 0 Å². The van der Waals surface area contributed by atoms with Crippen LogP contribution in [0.4, 0.5) is 0 Å². The summed E-state index contributed by atoms with van der Waals surface area (Å²) in [7, 11) is 1.63. The van der Waals surface area contributed by atoms with Crippen molar-refractivity contribution in [2.45, 2.75) is 31.4 Å². The van der Waals surface area contributed by atoms with Crippen molar-refractivity contribution in [3.63, 3.8) is 0 Å². The molecule has 1 fully saturated rings. The van der Waals surface area contributed by atoms with E-state index >= 15 is 0 Å². The van der Waals surface area contributed by atoms with Crippen LogP contribution in [0.3, 0.4) is 0 Å². The number of hydrogen-bond donors (Lipinski definition) is 3. The predicted molar refractivity (Wildman–Crippen MR) is 44.3 cm³/mol. The van der Waals surface area contributed by atoms with E-state index in [2.05, 4.69) is 10.3 Å². The number of hydrogen-bond acceptors (Lipinski definition) is 2. The topological polar surface area (TPSA) is 70.6 Å². The third-order valence-corrected chi connectivity index (χ3v) is 2.05. The van der Waals surface area contributed by atoms with Gasteiger partial charge in [-0.1, -0.05) is 0 Å². The van der Waals surface area contributed by atoms with Crippen LogP contribution in [0.1, 0.15) is 19.3 Å². The molecule has 4 N–H and O–H groups in total. The van der Waals surface area contributed by atoms with Crippen LogP contribution in [0, 0.1) is 0 Å². The molecule has 0 aromatic rings. The van der Waals surface area contributed by atoms with Gasteiger partial charge in [0.2, 0.25) is 0 Å². The standard InChI is InChI=1S/C7H15N3O/c1-9-7(8)10-5-3-2-4-6(5)11/h5-6,11H,2-4H2,1H3,(H3,8,9,10)/t5-,6+/m0/s1. The van der Waals surface area contributed by atoms with Gasteiger partial charge in [0.25, 0.3) is 0 Å². The molecule has 0 amide bonds. The lowest BCUT2D eigenvalue weighted by atomic mass is 10.2. The molecular weight excluding hydrogens is 142 g/mol. The highest BCUT2D eigenvalue weighted by molar-refractivity contribution is 5.78. The van der Waals surface area contributed by atoms with E-state index in [0.29, 0.717) is 5.96 Å². The van der Waals surface area contributed by atoms with Gasteiger partial charge in [-0.2, -0.15) is 0 Å². The van der Waals surface area contributed by atoms with Gasteiger partial charge in [0, 0.05) is 7.05 Å². The molecule has 1 rings (SSSR count). The molecule has 0 saturated heterocycles. The molecule has 0 heterocycles. The Morgan fingerprint density at radius 3 is 2.82 bits per heavy atom. The van der Waals surface area contributed by atoms with E-state index in [1.807, 2.05) is 0 Å². The molecule has 0 aromatic heterocycles. The summed E-state index contributed by atoms with van der Waals surface area (Å²) in [6, 6.07) is 0.110. The Kier molecular flexibility index (Phi) is 2.70. The van der Waals surface area contributed by atoms with Crippen LogP contribution >= 0.6 is 0 Å². The highest BCUT2D eigenvalue weighted by Crippen LogP contribution is 2.18. The molecule has 0 aliphatic heterocycles. The molecule has 64 valence electrons. The maximum atomic E-state index is 9.36. The van der Waals surface area contributed by atoms with E-state index in [9.17, 15) is 5.11 Å². The number of aliphatic hydroxyl groups is 1. The van der Waals surface area contributed by atoms with Crippen molar-refractivity contribution in [1.82, 2.24) is 5.32 Å². The van der Waals surface area contributed by atoms with Crippen LogP contribution in [0.25, 0.3) is 0 Å². The monoisotopic (exact) mass is 157 g/mol. The fourth-order valence-electron chi connectivity index (χ4n) is 1.36. The van der Waals surface area contributed by atoms with E-state index in [1.165, 1.54) is 0 Å². The van der Waals surface area contributed by atoms with Gasteiger partial charge in [-0.3, -0.25) is 4.99 Å². The Labute approximate surface area is 66.5 Å². The number of nitrogens with two attached hydrogens (primary N) is 1. The Morgan fingerprint density at radius 2 is 2.36 bits per heavy atom. The first-order valence-electron chi connectivity index (χ1n) is 3.91. The molecule has 2 atom stereocenters. The number of nitrogens with one attached hydrogen (secondary N) is 1. The zero-order chi connectivity index (χ0) is 8.27. The molecule has 1 saturated carbocycles. The zero-order valence-electron chi connectivity index (χ0n) is 6.75. The molecule has 0 bridgehead atoms. The molecule has 0 radical (unpaired) electrons. The Hall–Kier alpha value is -0.770. The quantitative estimate of drug-likeness (QED) is 0.353. The average molecular weight is 157 g/mol. The van der Waals surface area contributed by atoms with E-state index in [1.54, 1.807) is 7.05 Å². The third kappa shape index (κ3) is 2.08. The lowest BCUT2D eigenvalue weighted by Gasteiger charge is -2.16. The third-order valence-electron chi connectivity index (χ3n) is 2.05. The van der Waals surface area contributed by atoms with Crippen LogP contribution in [0.15, 0.2) is 4.99 Å². The Morgan fingerprint density at radius 1 is 1.64 bits per heavy atom. The Balaban J connectivity index is 2.36. The van der Waals surface area contributed by atoms with Gasteiger partial charge in [0.05, 0.1) is 12.1 Å². The van der Waals surface area contributed by atoms with Crippen LogP contribution in [0.5, 0.6) is 0 Å². The van der Waals surface area contributed by atoms with Gasteiger partial charge < -0.3 is 16.2 Å². The highest BCUT2D eigenvalue weighted by atomic mass is 16.3. The molecule has 4 nitrogen and oxygen atoms in total. The summed E-state index contributed by atoms with van der Waals surface area (Å²) in [4.78, 5) is 3.76. The minimum atomic E-state index is -0.254. The summed E-state index contributed by atoms with van der Waals surface area (Å²) in [5.41, 5.74) is 5.44. The molecule has 0 spiro atoms. The van der Waals surface area contributed by atoms with Crippen molar-refractivity contribution in [2.24, 2.45) is 10.7 Å². The van der Waals surface area contributed by atoms with Gasteiger partial charge >= 0.3 is 0 Å². The normalized spacial score (nSPS) is 32.4. The van der Waals surface area contributed by atoms with E-state index in [4.69, 9.17) is 5.73 Å². The van der Waals surface area contributed by atoms with Crippen molar-refractivity contribution in [1.29, 1.82) is 0 Å². The predicted octanol–water partition coefficient (Wildman–Crippen LogP) is -0.566. The van der Waals surface area contributed by atoms with E-state index in [-0.39, 0.29) is 12.1 Å². The molecule has 0 unspecified atom stereocenters. The largest absolute Gasteiger partial charge is 0.391 e. The van der Waals surface area contributed by atoms with E-state index in [0.717, 1.165) is 19.3 Å². The first-order valence-corrected chi connectivity index (χ1v) is 3.91. The van der Waals surface area contributed by atoms with Gasteiger partial charge in [-0.15, -0.1) is 0 Å². The lowest BCUT2D eigenvalue weighted by Crippen LogP contribution is -2.43. The van der Waals surface area contributed by atoms with Crippen LogP contribution in [0.2, 0.25) is 0 Å². The maximum absolute atomic E-state index is 9.36. The molecule has 1 aliphatic rings. The average Bonchev–Trinajstić information content (AvgIpc) is 2.37. The molecule has 1 aliphatic carbocycles. The first kappa shape index (κ1) is 8.33. The second-order valence-electron chi connectivity index (χ2n) is 2.86. The Bertz CT molecular complexity index is 158. The van der Waals surface area contributed by atoms with Crippen molar-refractivity contribution >= 4 is 5.96 Å². The van der Waals surface area contributed by atoms with Crippen molar-refractivity contribution in [2.75, 3.05) is 7.05 Å². The van der Waals surface area contributed by atoms with Gasteiger partial charge in [0.15, 0.2) is 5.96 Å². The number of nitrogens with zero attached hydrogens (tertiary/aromatic N) is 1. The maximum Gasteiger partial charge on any atom is 0.188 e. The second kappa shape index (κ2) is 3.57. The summed E-state index contributed by atoms with van der Waals surface area (Å²) in [6.07, 6.45) is 2.66. The van der Waals surface area contributed by atoms with Crippen LogP contribution in [-0.4, -0.2) is 30.3 Å². The van der Waals surface area contributed by atoms with Crippen molar-refractivity contribution in [3.05, 3.63) is 0 Å². The fraction of sp³-hybridized carbons (Fsp3) is 0.857. The minimum Gasteiger partial charge on any atom is -0.391 e. The number of guanidine groups is 1. The minimum absolute atomic E-state index is 0.110. The SMILES string of the molecule is CN=C(N)N[C@H]1CCC[C@H]1O. The van der Waals surface area contributed by atoms with Gasteiger partial charge in [0.1, 0.15) is 0 Å².